The van der Waals surface area contributed by atoms with Crippen molar-refractivity contribution in [3.8, 4) is 0 Å². The second-order valence-electron chi connectivity index (χ2n) is 5.37. The molecule has 0 aliphatic carbocycles. The Labute approximate surface area is 154 Å². The van der Waals surface area contributed by atoms with Crippen LogP contribution in [0.5, 0.6) is 0 Å². The van der Waals surface area contributed by atoms with Gasteiger partial charge in [-0.3, -0.25) is 4.79 Å². The Morgan fingerprint density at radius 2 is 1.16 bits per heavy atom. The summed E-state index contributed by atoms with van der Waals surface area (Å²) in [4.78, 5) is 10.3. The van der Waals surface area contributed by atoms with E-state index in [4.69, 9.17) is 5.11 Å². The number of carboxylic acids is 1. The second-order valence-corrected chi connectivity index (χ2v) is 5.37. The van der Waals surface area contributed by atoms with Crippen LogP contribution in [0.2, 0.25) is 0 Å². The molecule has 3 heteroatoms. The number of carboxylic acid groups (broad SMARTS) is 1. The molecular formula is C22H38O3. The highest BCUT2D eigenvalue weighted by Crippen LogP contribution is 2.01. The maximum atomic E-state index is 10.3. The van der Waals surface area contributed by atoms with Crippen molar-refractivity contribution in [1.82, 2.24) is 0 Å². The standard InChI is InChI=1S/C20H32O2.C2H4.H2O/c1-2-3-4-5-6-7-8-9-10-11-12-13-14-15-16-17-18-19-20(21)22;1-2;/h6-7,9-10,12-13,15-16H,2-5,8,11,14,17-19H2,1H3,(H,21,22);1-2H2;1H2/b7-6-,10-9-,13-12-,16-15-;;. The number of unbranched alkanes of at least 4 members (excludes halogenated alkanes) is 4. The van der Waals surface area contributed by atoms with Crippen molar-refractivity contribution in [2.45, 2.75) is 71.1 Å². The molecule has 0 atom stereocenters. The SMILES string of the molecule is C=C.CCCCC/C=C\C/C=C\C/C=C\C/C=C\CCCC(=O)O.O. The van der Waals surface area contributed by atoms with Gasteiger partial charge in [-0.25, -0.2) is 0 Å². The predicted molar refractivity (Wildman–Crippen MR) is 111 cm³/mol. The minimum Gasteiger partial charge on any atom is -0.481 e. The fourth-order valence-electron chi connectivity index (χ4n) is 1.93. The molecule has 144 valence electrons. The van der Waals surface area contributed by atoms with E-state index in [0.29, 0.717) is 0 Å². The summed E-state index contributed by atoms with van der Waals surface area (Å²) in [6, 6.07) is 0. The van der Waals surface area contributed by atoms with Gasteiger partial charge in [0.1, 0.15) is 0 Å². The largest absolute Gasteiger partial charge is 0.481 e. The van der Waals surface area contributed by atoms with Crippen molar-refractivity contribution in [1.29, 1.82) is 0 Å². The summed E-state index contributed by atoms with van der Waals surface area (Å²) in [5, 5.41) is 8.49. The highest BCUT2D eigenvalue weighted by Gasteiger charge is 1.92. The molecule has 0 aliphatic rings. The maximum Gasteiger partial charge on any atom is 0.303 e. The number of hydrogen-bond donors (Lipinski definition) is 1. The minimum absolute atomic E-state index is 0. The van der Waals surface area contributed by atoms with E-state index in [1.54, 1.807) is 0 Å². The first kappa shape index (κ1) is 28.0. The van der Waals surface area contributed by atoms with Gasteiger partial charge >= 0.3 is 5.97 Å². The summed E-state index contributed by atoms with van der Waals surface area (Å²) in [7, 11) is 0. The fourth-order valence-corrected chi connectivity index (χ4v) is 1.93. The lowest BCUT2D eigenvalue weighted by Gasteiger charge is -1.90. The summed E-state index contributed by atoms with van der Waals surface area (Å²) in [5.74, 6) is -0.712. The number of carbonyl (C=O) groups is 1. The van der Waals surface area contributed by atoms with Crippen LogP contribution in [0.4, 0.5) is 0 Å². The van der Waals surface area contributed by atoms with Crippen LogP contribution in [-0.4, -0.2) is 16.6 Å². The molecule has 0 aromatic carbocycles. The second kappa shape index (κ2) is 27.0. The number of aliphatic carboxylic acids is 1. The lowest BCUT2D eigenvalue weighted by Crippen LogP contribution is -1.92. The molecule has 3 nitrogen and oxygen atoms in total. The van der Waals surface area contributed by atoms with Crippen molar-refractivity contribution < 1.29 is 15.4 Å². The lowest BCUT2D eigenvalue weighted by molar-refractivity contribution is -0.137. The van der Waals surface area contributed by atoms with Gasteiger partial charge in [-0.15, -0.1) is 13.2 Å². The van der Waals surface area contributed by atoms with Crippen LogP contribution in [-0.2, 0) is 4.79 Å². The first-order chi connectivity index (χ1) is 11.8. The predicted octanol–water partition coefficient (Wildman–Crippen LogP) is 6.19. The Morgan fingerprint density at radius 1 is 0.760 bits per heavy atom. The molecule has 0 aromatic rings. The molecule has 0 saturated carbocycles. The van der Waals surface area contributed by atoms with Crippen molar-refractivity contribution in [2.75, 3.05) is 0 Å². The van der Waals surface area contributed by atoms with E-state index in [1.165, 1.54) is 25.7 Å². The molecule has 0 unspecified atom stereocenters. The molecule has 3 N–H and O–H groups in total. The maximum absolute atomic E-state index is 10.3. The average Bonchev–Trinajstić information content (AvgIpc) is 2.59. The Kier molecular flexibility index (Phi) is 30.2. The van der Waals surface area contributed by atoms with Crippen molar-refractivity contribution in [3.63, 3.8) is 0 Å². The van der Waals surface area contributed by atoms with Crippen molar-refractivity contribution in [3.05, 3.63) is 61.8 Å². The fraction of sp³-hybridized carbons (Fsp3) is 0.500. The van der Waals surface area contributed by atoms with Crippen LogP contribution >= 0.6 is 0 Å². The Balaban J connectivity index is -0.00000155. The van der Waals surface area contributed by atoms with E-state index in [2.05, 4.69) is 68.7 Å². The average molecular weight is 351 g/mol. The molecule has 0 radical (unpaired) electrons. The molecule has 0 heterocycles. The van der Waals surface area contributed by atoms with E-state index < -0.39 is 5.97 Å². The van der Waals surface area contributed by atoms with Crippen LogP contribution in [0.25, 0.3) is 0 Å². The highest BCUT2D eigenvalue weighted by atomic mass is 16.4. The highest BCUT2D eigenvalue weighted by molar-refractivity contribution is 5.66. The van der Waals surface area contributed by atoms with Crippen molar-refractivity contribution >= 4 is 5.97 Å². The van der Waals surface area contributed by atoms with Gasteiger partial charge < -0.3 is 10.6 Å². The molecule has 0 amide bonds. The van der Waals surface area contributed by atoms with E-state index in [-0.39, 0.29) is 11.9 Å². The first-order valence-corrected chi connectivity index (χ1v) is 9.09. The van der Waals surface area contributed by atoms with E-state index >= 15 is 0 Å². The summed E-state index contributed by atoms with van der Waals surface area (Å²) >= 11 is 0. The van der Waals surface area contributed by atoms with Gasteiger partial charge in [0.15, 0.2) is 0 Å². The minimum atomic E-state index is -0.712. The zero-order valence-electron chi connectivity index (χ0n) is 16.0. The zero-order valence-corrected chi connectivity index (χ0v) is 16.0. The molecule has 0 saturated heterocycles. The lowest BCUT2D eigenvalue weighted by atomic mass is 10.2. The first-order valence-electron chi connectivity index (χ1n) is 9.09. The molecule has 0 aromatic heterocycles. The van der Waals surface area contributed by atoms with Gasteiger partial charge in [-0.2, -0.15) is 0 Å². The van der Waals surface area contributed by atoms with Crippen LogP contribution in [0.3, 0.4) is 0 Å². The summed E-state index contributed by atoms with van der Waals surface area (Å²) < 4.78 is 0. The van der Waals surface area contributed by atoms with Gasteiger partial charge in [-0.1, -0.05) is 68.4 Å². The quantitative estimate of drug-likeness (QED) is 0.299. The number of hydrogen-bond acceptors (Lipinski definition) is 1. The van der Waals surface area contributed by atoms with Gasteiger partial charge in [0.25, 0.3) is 0 Å². The summed E-state index contributed by atoms with van der Waals surface area (Å²) in [6.07, 6.45) is 27.3. The Hall–Kier alpha value is -1.87. The van der Waals surface area contributed by atoms with Crippen LogP contribution in [0.15, 0.2) is 61.8 Å². The molecule has 0 bridgehead atoms. The monoisotopic (exact) mass is 350 g/mol. The van der Waals surface area contributed by atoms with Crippen molar-refractivity contribution in [2.24, 2.45) is 0 Å². The molecule has 0 fully saturated rings. The number of allylic oxidation sites excluding steroid dienone is 8. The van der Waals surface area contributed by atoms with Gasteiger partial charge in [0.05, 0.1) is 0 Å². The molecule has 25 heavy (non-hydrogen) atoms. The van der Waals surface area contributed by atoms with Crippen LogP contribution in [0.1, 0.15) is 71.1 Å². The van der Waals surface area contributed by atoms with Gasteiger partial charge in [0.2, 0.25) is 0 Å². The Morgan fingerprint density at radius 3 is 1.56 bits per heavy atom. The van der Waals surface area contributed by atoms with E-state index in [0.717, 1.165) is 32.1 Å². The third-order valence-corrected chi connectivity index (χ3v) is 3.22. The third kappa shape index (κ3) is 30.6. The number of rotatable bonds is 14. The smallest absolute Gasteiger partial charge is 0.303 e. The molecule has 0 rings (SSSR count). The topological polar surface area (TPSA) is 68.8 Å². The van der Waals surface area contributed by atoms with E-state index in [1.807, 2.05) is 0 Å². The molecule has 0 aliphatic heterocycles. The summed E-state index contributed by atoms with van der Waals surface area (Å²) in [6.45, 7) is 8.23. The van der Waals surface area contributed by atoms with Gasteiger partial charge in [0, 0.05) is 6.42 Å². The molecular weight excluding hydrogens is 312 g/mol. The normalized spacial score (nSPS) is 11.1. The van der Waals surface area contributed by atoms with Gasteiger partial charge in [-0.05, 0) is 44.9 Å². The molecule has 0 spiro atoms. The third-order valence-electron chi connectivity index (χ3n) is 3.22. The van der Waals surface area contributed by atoms with Crippen LogP contribution < -0.4 is 0 Å². The zero-order chi connectivity index (χ0) is 18.3. The van der Waals surface area contributed by atoms with E-state index in [9.17, 15) is 4.79 Å². The Bertz CT molecular complexity index is 379. The van der Waals surface area contributed by atoms with Crippen LogP contribution in [0, 0.1) is 0 Å². The summed E-state index contributed by atoms with van der Waals surface area (Å²) in [5.41, 5.74) is 0.